The van der Waals surface area contributed by atoms with E-state index < -0.39 is 0 Å². The van der Waals surface area contributed by atoms with E-state index in [1.807, 2.05) is 49.4 Å². The van der Waals surface area contributed by atoms with Gasteiger partial charge in [-0.15, -0.1) is 0 Å². The van der Waals surface area contributed by atoms with Crippen LogP contribution in [0.3, 0.4) is 0 Å². The minimum absolute atomic E-state index is 0.319. The summed E-state index contributed by atoms with van der Waals surface area (Å²) in [5, 5.41) is 8.69. The maximum atomic E-state index is 6.20. The van der Waals surface area contributed by atoms with Crippen LogP contribution in [0.5, 0.6) is 0 Å². The molecule has 3 aromatic rings. The van der Waals surface area contributed by atoms with Crippen molar-refractivity contribution in [2.24, 2.45) is 5.73 Å². The third kappa shape index (κ3) is 2.44. The molecule has 0 saturated carbocycles. The highest BCUT2D eigenvalue weighted by Crippen LogP contribution is 2.17. The summed E-state index contributed by atoms with van der Waals surface area (Å²) < 4.78 is 0. The second kappa shape index (κ2) is 5.22. The average Bonchev–Trinajstić information content (AvgIpc) is 2.98. The van der Waals surface area contributed by atoms with Gasteiger partial charge in [0.05, 0.1) is 17.9 Å². The van der Waals surface area contributed by atoms with Gasteiger partial charge < -0.3 is 5.73 Å². The van der Waals surface area contributed by atoms with Crippen molar-refractivity contribution < 1.29 is 0 Å². The Kier molecular flexibility index (Phi) is 3.26. The van der Waals surface area contributed by atoms with Crippen molar-refractivity contribution in [2.75, 3.05) is 0 Å². The number of pyridine rings is 1. The van der Waals surface area contributed by atoms with E-state index in [0.717, 1.165) is 22.6 Å². The summed E-state index contributed by atoms with van der Waals surface area (Å²) in [7, 11) is 0. The molecular formula is C15H15N5. The quantitative estimate of drug-likeness (QED) is 0.786. The molecule has 0 fully saturated rings. The summed E-state index contributed by atoms with van der Waals surface area (Å²) in [6.07, 6.45) is 3.47. The highest BCUT2D eigenvalue weighted by atomic mass is 15.5. The minimum Gasteiger partial charge on any atom is -0.319 e. The summed E-state index contributed by atoms with van der Waals surface area (Å²) in [6.45, 7) is 1.95. The van der Waals surface area contributed by atoms with Gasteiger partial charge in [-0.05, 0) is 30.7 Å². The van der Waals surface area contributed by atoms with Crippen molar-refractivity contribution in [3.63, 3.8) is 0 Å². The molecule has 20 heavy (non-hydrogen) atoms. The Balaban J connectivity index is 1.88. The van der Waals surface area contributed by atoms with Gasteiger partial charge >= 0.3 is 0 Å². The Hall–Kier alpha value is -2.53. The van der Waals surface area contributed by atoms with Crippen molar-refractivity contribution in [1.82, 2.24) is 20.0 Å². The average molecular weight is 265 g/mol. The molecule has 1 unspecified atom stereocenters. The monoisotopic (exact) mass is 265 g/mol. The molecule has 5 nitrogen and oxygen atoms in total. The number of nitrogens with two attached hydrogens (primary N) is 1. The van der Waals surface area contributed by atoms with E-state index in [1.165, 1.54) is 0 Å². The second-order valence-corrected chi connectivity index (χ2v) is 4.61. The molecular weight excluding hydrogens is 250 g/mol. The molecule has 0 saturated heterocycles. The first-order valence-electron chi connectivity index (χ1n) is 6.40. The summed E-state index contributed by atoms with van der Waals surface area (Å²) in [6, 6.07) is 13.3. The lowest BCUT2D eigenvalue weighted by atomic mass is 10.1. The maximum Gasteiger partial charge on any atom is 0.104 e. The van der Waals surface area contributed by atoms with Crippen molar-refractivity contribution >= 4 is 0 Å². The van der Waals surface area contributed by atoms with Gasteiger partial charge in [-0.25, -0.2) is 0 Å². The third-order valence-corrected chi connectivity index (χ3v) is 3.11. The van der Waals surface area contributed by atoms with Crippen molar-refractivity contribution in [3.8, 4) is 5.69 Å². The first-order valence-corrected chi connectivity index (χ1v) is 6.40. The van der Waals surface area contributed by atoms with E-state index in [2.05, 4.69) is 15.2 Å². The van der Waals surface area contributed by atoms with Gasteiger partial charge in [0.25, 0.3) is 0 Å². The van der Waals surface area contributed by atoms with Crippen molar-refractivity contribution in [1.29, 1.82) is 0 Å². The minimum atomic E-state index is -0.319. The molecule has 2 heterocycles. The number of rotatable bonds is 3. The lowest BCUT2D eigenvalue weighted by molar-refractivity contribution is 0.718. The largest absolute Gasteiger partial charge is 0.319 e. The first kappa shape index (κ1) is 12.5. The van der Waals surface area contributed by atoms with Gasteiger partial charge in [-0.1, -0.05) is 24.3 Å². The molecule has 0 aliphatic rings. The molecule has 5 heteroatoms. The lowest BCUT2D eigenvalue weighted by Gasteiger charge is -2.08. The van der Waals surface area contributed by atoms with E-state index >= 15 is 0 Å². The van der Waals surface area contributed by atoms with Gasteiger partial charge in [0.15, 0.2) is 0 Å². The Morgan fingerprint density at radius 2 is 1.85 bits per heavy atom. The summed E-state index contributed by atoms with van der Waals surface area (Å²) in [5.74, 6) is 0. The topological polar surface area (TPSA) is 69.6 Å². The fraction of sp³-hybridized carbons (Fsp3) is 0.133. The normalized spacial score (nSPS) is 12.3. The number of aromatic nitrogens is 4. The van der Waals surface area contributed by atoms with Gasteiger partial charge in [0, 0.05) is 11.9 Å². The maximum absolute atomic E-state index is 6.20. The fourth-order valence-corrected chi connectivity index (χ4v) is 1.94. The van der Waals surface area contributed by atoms with Crippen molar-refractivity contribution in [3.05, 3.63) is 71.8 Å². The fourth-order valence-electron chi connectivity index (χ4n) is 1.94. The first-order chi connectivity index (χ1) is 9.74. The Bertz CT molecular complexity index is 688. The van der Waals surface area contributed by atoms with Crippen LogP contribution in [-0.4, -0.2) is 20.0 Å². The lowest BCUT2D eigenvalue weighted by Crippen LogP contribution is -2.13. The van der Waals surface area contributed by atoms with E-state index in [9.17, 15) is 0 Å². The molecule has 0 amide bonds. The molecule has 0 aliphatic carbocycles. The zero-order valence-electron chi connectivity index (χ0n) is 11.1. The highest BCUT2D eigenvalue weighted by Gasteiger charge is 2.13. The zero-order valence-corrected chi connectivity index (χ0v) is 11.1. The standard InChI is InChI=1S/C15H15N5/c1-11-7-8-12(9-17-11)15(16)14-10-18-20(19-14)13-5-3-2-4-6-13/h2-10,15H,16H2,1H3. The van der Waals surface area contributed by atoms with Gasteiger partial charge in [-0.3, -0.25) is 4.98 Å². The number of aryl methyl sites for hydroxylation is 1. The molecule has 1 aromatic carbocycles. The third-order valence-electron chi connectivity index (χ3n) is 3.11. The summed E-state index contributed by atoms with van der Waals surface area (Å²) >= 11 is 0. The van der Waals surface area contributed by atoms with Crippen LogP contribution in [0.2, 0.25) is 0 Å². The van der Waals surface area contributed by atoms with Crippen LogP contribution in [0.4, 0.5) is 0 Å². The van der Waals surface area contributed by atoms with E-state index in [4.69, 9.17) is 5.73 Å². The Morgan fingerprint density at radius 1 is 1.05 bits per heavy atom. The highest BCUT2D eigenvalue weighted by molar-refractivity contribution is 5.30. The van der Waals surface area contributed by atoms with Crippen LogP contribution in [0.15, 0.2) is 54.9 Å². The molecule has 3 rings (SSSR count). The van der Waals surface area contributed by atoms with E-state index in [0.29, 0.717) is 0 Å². The molecule has 0 aliphatic heterocycles. The van der Waals surface area contributed by atoms with Gasteiger partial charge in [0.1, 0.15) is 5.69 Å². The van der Waals surface area contributed by atoms with Gasteiger partial charge in [0.2, 0.25) is 0 Å². The number of hydrogen-bond donors (Lipinski definition) is 1. The molecule has 100 valence electrons. The molecule has 0 spiro atoms. The van der Waals surface area contributed by atoms with Gasteiger partial charge in [-0.2, -0.15) is 15.0 Å². The van der Waals surface area contributed by atoms with Crippen LogP contribution < -0.4 is 5.73 Å². The zero-order chi connectivity index (χ0) is 13.9. The van der Waals surface area contributed by atoms with Crippen LogP contribution in [0.1, 0.15) is 23.0 Å². The van der Waals surface area contributed by atoms with Crippen LogP contribution in [0, 0.1) is 6.92 Å². The summed E-state index contributed by atoms with van der Waals surface area (Å²) in [5.41, 5.74) is 9.73. The van der Waals surface area contributed by atoms with E-state index in [1.54, 1.807) is 17.2 Å². The second-order valence-electron chi connectivity index (χ2n) is 4.61. The van der Waals surface area contributed by atoms with Crippen LogP contribution >= 0.6 is 0 Å². The SMILES string of the molecule is Cc1ccc(C(N)c2cnn(-c3ccccc3)n2)cn1. The van der Waals surface area contributed by atoms with Crippen LogP contribution in [-0.2, 0) is 0 Å². The van der Waals surface area contributed by atoms with Crippen molar-refractivity contribution in [2.45, 2.75) is 13.0 Å². The number of benzene rings is 1. The number of para-hydroxylation sites is 1. The predicted molar refractivity (Wildman–Crippen MR) is 76.4 cm³/mol. The predicted octanol–water partition coefficient (Wildman–Crippen LogP) is 2.02. The molecule has 0 radical (unpaired) electrons. The molecule has 0 bridgehead atoms. The van der Waals surface area contributed by atoms with Crippen LogP contribution in [0.25, 0.3) is 5.69 Å². The number of nitrogens with zero attached hydrogens (tertiary/aromatic N) is 4. The Labute approximate surface area is 117 Å². The molecule has 2 aromatic heterocycles. The Morgan fingerprint density at radius 3 is 2.55 bits per heavy atom. The number of hydrogen-bond acceptors (Lipinski definition) is 4. The smallest absolute Gasteiger partial charge is 0.104 e. The van der Waals surface area contributed by atoms with E-state index in [-0.39, 0.29) is 6.04 Å². The summed E-state index contributed by atoms with van der Waals surface area (Å²) in [4.78, 5) is 5.84. The molecule has 1 atom stereocenters. The molecule has 2 N–H and O–H groups in total.